The SMILES string of the molecule is NC(=S)CCN(CC1Cc2ccccc2O1)C1CC1. The van der Waals surface area contributed by atoms with E-state index in [-0.39, 0.29) is 6.10 Å². The lowest BCUT2D eigenvalue weighted by Gasteiger charge is -2.24. The van der Waals surface area contributed by atoms with Gasteiger partial charge in [0.05, 0.1) is 4.99 Å². The summed E-state index contributed by atoms with van der Waals surface area (Å²) in [5, 5.41) is 0. The molecule has 1 aromatic rings. The molecular formula is C15H20N2OS. The van der Waals surface area contributed by atoms with Gasteiger partial charge in [-0.2, -0.15) is 0 Å². The molecule has 3 nitrogen and oxygen atoms in total. The number of benzene rings is 1. The van der Waals surface area contributed by atoms with Gasteiger partial charge in [-0.25, -0.2) is 0 Å². The van der Waals surface area contributed by atoms with E-state index in [1.165, 1.54) is 18.4 Å². The van der Waals surface area contributed by atoms with Crippen LogP contribution in [-0.2, 0) is 6.42 Å². The molecule has 0 bridgehead atoms. The molecule has 1 atom stereocenters. The van der Waals surface area contributed by atoms with Gasteiger partial charge in [-0.05, 0) is 24.5 Å². The monoisotopic (exact) mass is 276 g/mol. The summed E-state index contributed by atoms with van der Waals surface area (Å²) < 4.78 is 6.02. The molecule has 0 radical (unpaired) electrons. The van der Waals surface area contributed by atoms with Crippen molar-refractivity contribution in [1.82, 2.24) is 4.90 Å². The van der Waals surface area contributed by atoms with Gasteiger partial charge in [-0.1, -0.05) is 30.4 Å². The van der Waals surface area contributed by atoms with Crippen LogP contribution in [0.2, 0.25) is 0 Å². The van der Waals surface area contributed by atoms with Crippen LogP contribution in [0.15, 0.2) is 24.3 Å². The summed E-state index contributed by atoms with van der Waals surface area (Å²) in [5.41, 5.74) is 6.94. The van der Waals surface area contributed by atoms with Gasteiger partial charge in [0.15, 0.2) is 0 Å². The summed E-state index contributed by atoms with van der Waals surface area (Å²) >= 11 is 4.98. The van der Waals surface area contributed by atoms with E-state index in [4.69, 9.17) is 22.7 Å². The van der Waals surface area contributed by atoms with Gasteiger partial charge >= 0.3 is 0 Å². The molecule has 1 aliphatic heterocycles. The van der Waals surface area contributed by atoms with Crippen LogP contribution in [0.4, 0.5) is 0 Å². The van der Waals surface area contributed by atoms with E-state index in [1.807, 2.05) is 6.07 Å². The molecule has 2 aliphatic rings. The zero-order chi connectivity index (χ0) is 13.2. The summed E-state index contributed by atoms with van der Waals surface area (Å²) in [7, 11) is 0. The molecule has 3 rings (SSSR count). The molecule has 1 aromatic carbocycles. The predicted molar refractivity (Wildman–Crippen MR) is 80.6 cm³/mol. The van der Waals surface area contributed by atoms with E-state index in [1.54, 1.807) is 0 Å². The first kappa shape index (κ1) is 12.9. The number of nitrogens with zero attached hydrogens (tertiary/aromatic N) is 1. The zero-order valence-electron chi connectivity index (χ0n) is 11.0. The van der Waals surface area contributed by atoms with Crippen molar-refractivity contribution in [3.05, 3.63) is 29.8 Å². The molecule has 4 heteroatoms. The normalized spacial score (nSPS) is 21.2. The lowest BCUT2D eigenvalue weighted by molar-refractivity contribution is 0.147. The maximum Gasteiger partial charge on any atom is 0.123 e. The van der Waals surface area contributed by atoms with Gasteiger partial charge in [0.2, 0.25) is 0 Å². The van der Waals surface area contributed by atoms with E-state index in [2.05, 4.69) is 23.1 Å². The second kappa shape index (κ2) is 5.47. The highest BCUT2D eigenvalue weighted by Gasteiger charge is 2.32. The highest BCUT2D eigenvalue weighted by Crippen LogP contribution is 2.31. The van der Waals surface area contributed by atoms with Crippen LogP contribution in [0.5, 0.6) is 5.75 Å². The number of thiocarbonyl (C=S) groups is 1. The molecular weight excluding hydrogens is 256 g/mol. The fourth-order valence-corrected chi connectivity index (χ4v) is 2.83. The number of fused-ring (bicyclic) bond motifs is 1. The maximum atomic E-state index is 6.02. The first-order valence-electron chi connectivity index (χ1n) is 6.99. The molecule has 0 saturated heterocycles. The average molecular weight is 276 g/mol. The van der Waals surface area contributed by atoms with Crippen molar-refractivity contribution in [2.75, 3.05) is 13.1 Å². The van der Waals surface area contributed by atoms with Crippen molar-refractivity contribution < 1.29 is 4.74 Å². The van der Waals surface area contributed by atoms with Crippen molar-refractivity contribution in [1.29, 1.82) is 0 Å². The van der Waals surface area contributed by atoms with E-state index >= 15 is 0 Å². The topological polar surface area (TPSA) is 38.5 Å². The van der Waals surface area contributed by atoms with Crippen LogP contribution in [0.3, 0.4) is 0 Å². The van der Waals surface area contributed by atoms with Gasteiger partial charge in [0, 0.05) is 32.0 Å². The summed E-state index contributed by atoms with van der Waals surface area (Å²) in [6.07, 6.45) is 4.72. The summed E-state index contributed by atoms with van der Waals surface area (Å²) in [4.78, 5) is 3.11. The summed E-state index contributed by atoms with van der Waals surface area (Å²) in [5.74, 6) is 1.05. The van der Waals surface area contributed by atoms with E-state index < -0.39 is 0 Å². The van der Waals surface area contributed by atoms with Crippen molar-refractivity contribution >= 4 is 17.2 Å². The molecule has 0 aromatic heterocycles. The standard InChI is InChI=1S/C15H20N2OS/c16-15(19)7-8-17(12-5-6-12)10-13-9-11-3-1-2-4-14(11)18-13/h1-4,12-13H,5-10H2,(H2,16,19). The second-order valence-electron chi connectivity index (χ2n) is 5.49. The minimum Gasteiger partial charge on any atom is -0.488 e. The van der Waals surface area contributed by atoms with Crippen LogP contribution in [-0.4, -0.2) is 35.1 Å². The largest absolute Gasteiger partial charge is 0.488 e. The maximum absolute atomic E-state index is 6.02. The van der Waals surface area contributed by atoms with Crippen LogP contribution in [0.25, 0.3) is 0 Å². The Morgan fingerprint density at radius 3 is 2.84 bits per heavy atom. The highest BCUT2D eigenvalue weighted by atomic mass is 32.1. The Morgan fingerprint density at radius 2 is 2.16 bits per heavy atom. The number of hydrogen-bond donors (Lipinski definition) is 1. The Bertz CT molecular complexity index is 448. The Balaban J connectivity index is 1.57. The number of rotatable bonds is 6. The third-order valence-corrected chi connectivity index (χ3v) is 4.06. The number of ether oxygens (including phenoxy) is 1. The second-order valence-corrected chi connectivity index (χ2v) is 6.02. The number of para-hydroxylation sites is 1. The molecule has 1 fully saturated rings. The Kier molecular flexibility index (Phi) is 3.71. The van der Waals surface area contributed by atoms with Crippen molar-refractivity contribution in [2.45, 2.75) is 37.8 Å². The molecule has 0 spiro atoms. The van der Waals surface area contributed by atoms with Crippen LogP contribution in [0.1, 0.15) is 24.8 Å². The first-order chi connectivity index (χ1) is 9.22. The molecule has 0 amide bonds. The zero-order valence-corrected chi connectivity index (χ0v) is 11.9. The fourth-order valence-electron chi connectivity index (χ4n) is 2.73. The van der Waals surface area contributed by atoms with Crippen LogP contribution >= 0.6 is 12.2 Å². The van der Waals surface area contributed by atoms with Crippen LogP contribution in [0, 0.1) is 0 Å². The minimum absolute atomic E-state index is 0.282. The Labute approximate surface area is 119 Å². The van der Waals surface area contributed by atoms with Gasteiger partial charge in [0.1, 0.15) is 11.9 Å². The summed E-state index contributed by atoms with van der Waals surface area (Å²) in [6, 6.07) is 9.06. The van der Waals surface area contributed by atoms with Gasteiger partial charge < -0.3 is 10.5 Å². The van der Waals surface area contributed by atoms with E-state index in [0.717, 1.165) is 37.7 Å². The third kappa shape index (κ3) is 3.25. The Morgan fingerprint density at radius 1 is 1.37 bits per heavy atom. The lowest BCUT2D eigenvalue weighted by atomic mass is 10.1. The van der Waals surface area contributed by atoms with E-state index in [0.29, 0.717) is 4.99 Å². The van der Waals surface area contributed by atoms with Crippen molar-refractivity contribution in [3.63, 3.8) is 0 Å². The van der Waals surface area contributed by atoms with Gasteiger partial charge in [-0.3, -0.25) is 4.90 Å². The predicted octanol–water partition coefficient (Wildman–Crippen LogP) is 2.13. The van der Waals surface area contributed by atoms with E-state index in [9.17, 15) is 0 Å². The van der Waals surface area contributed by atoms with Crippen LogP contribution < -0.4 is 10.5 Å². The fraction of sp³-hybridized carbons (Fsp3) is 0.533. The highest BCUT2D eigenvalue weighted by molar-refractivity contribution is 7.80. The molecule has 2 N–H and O–H groups in total. The molecule has 1 unspecified atom stereocenters. The average Bonchev–Trinajstić information content (AvgIpc) is 3.14. The van der Waals surface area contributed by atoms with Gasteiger partial charge in [0.25, 0.3) is 0 Å². The smallest absolute Gasteiger partial charge is 0.123 e. The molecule has 102 valence electrons. The van der Waals surface area contributed by atoms with Crippen molar-refractivity contribution in [2.24, 2.45) is 5.73 Å². The lowest BCUT2D eigenvalue weighted by Crippen LogP contribution is -2.38. The molecule has 1 saturated carbocycles. The van der Waals surface area contributed by atoms with Gasteiger partial charge in [-0.15, -0.1) is 0 Å². The van der Waals surface area contributed by atoms with Crippen molar-refractivity contribution in [3.8, 4) is 5.75 Å². The summed E-state index contributed by atoms with van der Waals surface area (Å²) in [6.45, 7) is 1.96. The third-order valence-electron chi connectivity index (χ3n) is 3.86. The Hall–Kier alpha value is -1.13. The first-order valence-corrected chi connectivity index (χ1v) is 7.40. The number of nitrogens with two attached hydrogens (primary N) is 1. The quantitative estimate of drug-likeness (QED) is 0.808. The molecule has 1 aliphatic carbocycles. The number of hydrogen-bond acceptors (Lipinski definition) is 3. The molecule has 1 heterocycles. The molecule has 19 heavy (non-hydrogen) atoms. The minimum atomic E-state index is 0.282.